The molecular weight excluding hydrogens is 384 g/mol. The summed E-state index contributed by atoms with van der Waals surface area (Å²) in [7, 11) is 0. The van der Waals surface area contributed by atoms with Gasteiger partial charge < -0.3 is 25.2 Å². The van der Waals surface area contributed by atoms with E-state index in [0.717, 1.165) is 12.8 Å². The SMILES string of the molecule is CC(C)(C)CC(C)(C)COC(=O)NCC(O)CNC(=O)OCC(C)(C)CC(C)(C)C. The van der Waals surface area contributed by atoms with Crippen LogP contribution in [0.5, 0.6) is 0 Å². The summed E-state index contributed by atoms with van der Waals surface area (Å²) < 4.78 is 10.5. The van der Waals surface area contributed by atoms with Crippen molar-refractivity contribution in [1.29, 1.82) is 0 Å². The van der Waals surface area contributed by atoms with Crippen molar-refractivity contribution in [3.63, 3.8) is 0 Å². The van der Waals surface area contributed by atoms with Gasteiger partial charge in [0.25, 0.3) is 0 Å². The number of hydrogen-bond acceptors (Lipinski definition) is 5. The minimum absolute atomic E-state index is 0.0195. The molecule has 0 saturated carbocycles. The Labute approximate surface area is 183 Å². The molecule has 0 radical (unpaired) electrons. The van der Waals surface area contributed by atoms with Crippen molar-refractivity contribution in [1.82, 2.24) is 10.6 Å². The van der Waals surface area contributed by atoms with Crippen LogP contribution in [0.3, 0.4) is 0 Å². The van der Waals surface area contributed by atoms with E-state index in [-0.39, 0.29) is 34.7 Å². The Morgan fingerprint density at radius 3 is 1.27 bits per heavy atom. The number of carbonyl (C=O) groups excluding carboxylic acids is 2. The third kappa shape index (κ3) is 16.3. The molecule has 0 atom stereocenters. The molecule has 2 amide bonds. The molecule has 0 rings (SSSR count). The maximum Gasteiger partial charge on any atom is 0.407 e. The molecule has 7 nitrogen and oxygen atoms in total. The summed E-state index contributed by atoms with van der Waals surface area (Å²) in [5, 5.41) is 15.0. The van der Waals surface area contributed by atoms with Gasteiger partial charge in [-0.25, -0.2) is 9.59 Å². The molecule has 0 aromatic rings. The lowest BCUT2D eigenvalue weighted by atomic mass is 9.77. The zero-order valence-corrected chi connectivity index (χ0v) is 20.9. The van der Waals surface area contributed by atoms with Crippen LogP contribution in [0.4, 0.5) is 9.59 Å². The van der Waals surface area contributed by atoms with Crippen LogP contribution in [0, 0.1) is 21.7 Å². The first-order chi connectivity index (χ1) is 13.3. The summed E-state index contributed by atoms with van der Waals surface area (Å²) in [6.07, 6.45) is -0.274. The Balaban J connectivity index is 4.12. The molecular formula is C23H46N2O5. The molecule has 0 fully saturated rings. The first-order valence-corrected chi connectivity index (χ1v) is 10.8. The number of aliphatic hydroxyl groups excluding tert-OH is 1. The number of amides is 2. The maximum atomic E-state index is 11.9. The lowest BCUT2D eigenvalue weighted by Gasteiger charge is -2.31. The Morgan fingerprint density at radius 1 is 0.700 bits per heavy atom. The summed E-state index contributed by atoms with van der Waals surface area (Å²) >= 11 is 0. The molecule has 0 aromatic carbocycles. The fourth-order valence-electron chi connectivity index (χ4n) is 4.07. The molecule has 0 bridgehead atoms. The van der Waals surface area contributed by atoms with Crippen molar-refractivity contribution in [2.45, 2.75) is 88.2 Å². The van der Waals surface area contributed by atoms with Gasteiger partial charge in [-0.2, -0.15) is 0 Å². The average Bonchev–Trinajstić information content (AvgIpc) is 2.50. The number of aliphatic hydroxyl groups is 1. The Hall–Kier alpha value is -1.50. The predicted molar refractivity (Wildman–Crippen MR) is 120 cm³/mol. The minimum Gasteiger partial charge on any atom is -0.449 e. The third-order valence-electron chi connectivity index (χ3n) is 4.17. The van der Waals surface area contributed by atoms with E-state index in [9.17, 15) is 14.7 Å². The van der Waals surface area contributed by atoms with Crippen LogP contribution in [0.25, 0.3) is 0 Å². The summed E-state index contributed by atoms with van der Waals surface area (Å²) in [6.45, 7) is 21.6. The van der Waals surface area contributed by atoms with Gasteiger partial charge in [0.05, 0.1) is 19.3 Å². The van der Waals surface area contributed by atoms with Gasteiger partial charge in [-0.1, -0.05) is 69.2 Å². The number of ether oxygens (including phenoxy) is 2. The molecule has 0 aliphatic carbocycles. The van der Waals surface area contributed by atoms with Crippen LogP contribution in [-0.4, -0.2) is 49.7 Å². The van der Waals surface area contributed by atoms with E-state index in [2.05, 4.69) is 79.9 Å². The van der Waals surface area contributed by atoms with Crippen LogP contribution in [-0.2, 0) is 9.47 Å². The van der Waals surface area contributed by atoms with Crippen molar-refractivity contribution in [2.75, 3.05) is 26.3 Å². The molecule has 3 N–H and O–H groups in total. The van der Waals surface area contributed by atoms with Crippen molar-refractivity contribution < 1.29 is 24.2 Å². The zero-order valence-electron chi connectivity index (χ0n) is 20.9. The van der Waals surface area contributed by atoms with E-state index in [4.69, 9.17) is 9.47 Å². The van der Waals surface area contributed by atoms with Crippen molar-refractivity contribution in [3.05, 3.63) is 0 Å². The molecule has 0 spiro atoms. The van der Waals surface area contributed by atoms with Crippen LogP contribution < -0.4 is 10.6 Å². The monoisotopic (exact) mass is 430 g/mol. The number of carbonyl (C=O) groups is 2. The second-order valence-corrected chi connectivity index (χ2v) is 12.4. The molecule has 0 saturated heterocycles. The van der Waals surface area contributed by atoms with E-state index in [0.29, 0.717) is 13.2 Å². The van der Waals surface area contributed by atoms with Gasteiger partial charge >= 0.3 is 12.2 Å². The molecule has 0 aliphatic rings. The zero-order chi connectivity index (χ0) is 23.8. The molecule has 30 heavy (non-hydrogen) atoms. The normalized spacial score (nSPS) is 13.2. The molecule has 7 heteroatoms. The van der Waals surface area contributed by atoms with Crippen LogP contribution >= 0.6 is 0 Å². The quantitative estimate of drug-likeness (QED) is 0.466. The summed E-state index contributed by atoms with van der Waals surface area (Å²) in [4.78, 5) is 23.7. The number of nitrogens with one attached hydrogen (secondary N) is 2. The highest BCUT2D eigenvalue weighted by atomic mass is 16.6. The number of alkyl carbamates (subject to hydrolysis) is 2. The van der Waals surface area contributed by atoms with Crippen LogP contribution in [0.15, 0.2) is 0 Å². The van der Waals surface area contributed by atoms with E-state index >= 15 is 0 Å². The van der Waals surface area contributed by atoms with Crippen LogP contribution in [0.2, 0.25) is 0 Å². The molecule has 0 unspecified atom stereocenters. The minimum atomic E-state index is -0.935. The third-order valence-corrected chi connectivity index (χ3v) is 4.17. The summed E-state index contributed by atoms with van der Waals surface area (Å²) in [5.41, 5.74) is 0.00407. The van der Waals surface area contributed by atoms with E-state index in [1.807, 2.05) is 0 Å². The Kier molecular flexibility index (Phi) is 10.7. The van der Waals surface area contributed by atoms with Crippen molar-refractivity contribution in [3.8, 4) is 0 Å². The topological polar surface area (TPSA) is 96.9 Å². The van der Waals surface area contributed by atoms with Gasteiger partial charge in [-0.05, 0) is 34.5 Å². The van der Waals surface area contributed by atoms with E-state index in [1.54, 1.807) is 0 Å². The van der Waals surface area contributed by atoms with Crippen molar-refractivity contribution in [2.24, 2.45) is 21.7 Å². The average molecular weight is 431 g/mol. The second-order valence-electron chi connectivity index (χ2n) is 12.4. The Morgan fingerprint density at radius 2 is 1.00 bits per heavy atom. The largest absolute Gasteiger partial charge is 0.449 e. The van der Waals surface area contributed by atoms with Gasteiger partial charge in [0, 0.05) is 13.1 Å². The summed E-state index contributed by atoms with van der Waals surface area (Å²) in [6, 6.07) is 0. The van der Waals surface area contributed by atoms with Gasteiger partial charge in [0.2, 0.25) is 0 Å². The number of hydrogen-bond donors (Lipinski definition) is 3. The number of rotatable bonds is 10. The van der Waals surface area contributed by atoms with Gasteiger partial charge in [-0.15, -0.1) is 0 Å². The smallest absolute Gasteiger partial charge is 0.407 e. The Bertz CT molecular complexity index is 497. The first kappa shape index (κ1) is 28.5. The lowest BCUT2D eigenvalue weighted by molar-refractivity contribution is 0.0676. The fourth-order valence-corrected chi connectivity index (χ4v) is 4.07. The maximum absolute atomic E-state index is 11.9. The first-order valence-electron chi connectivity index (χ1n) is 10.8. The summed E-state index contributed by atoms with van der Waals surface area (Å²) in [5.74, 6) is 0. The standard InChI is InChI=1S/C23H46N2O5/c1-20(2,3)13-22(7,8)15-29-18(27)24-11-17(26)12-25-19(28)30-16-23(9,10)14-21(4,5)6/h17,26H,11-16H2,1-10H3,(H,24,27)(H,25,28). The van der Waals surface area contributed by atoms with Gasteiger partial charge in [0.15, 0.2) is 0 Å². The molecule has 0 heterocycles. The molecule has 0 aromatic heterocycles. The van der Waals surface area contributed by atoms with E-state index < -0.39 is 18.3 Å². The second kappa shape index (κ2) is 11.2. The molecule has 0 aliphatic heterocycles. The van der Waals surface area contributed by atoms with Crippen molar-refractivity contribution >= 4 is 12.2 Å². The van der Waals surface area contributed by atoms with Gasteiger partial charge in [-0.3, -0.25) is 0 Å². The fraction of sp³-hybridized carbons (Fsp3) is 0.913. The van der Waals surface area contributed by atoms with Gasteiger partial charge in [0.1, 0.15) is 0 Å². The highest BCUT2D eigenvalue weighted by Gasteiger charge is 2.28. The lowest BCUT2D eigenvalue weighted by Crippen LogP contribution is -2.41. The predicted octanol–water partition coefficient (Wildman–Crippen LogP) is 4.72. The highest BCUT2D eigenvalue weighted by Crippen LogP contribution is 2.34. The van der Waals surface area contributed by atoms with E-state index in [1.165, 1.54) is 0 Å². The molecule has 178 valence electrons. The van der Waals surface area contributed by atoms with Crippen LogP contribution in [0.1, 0.15) is 82.1 Å². The highest BCUT2D eigenvalue weighted by molar-refractivity contribution is 5.68.